The van der Waals surface area contributed by atoms with Gasteiger partial charge in [-0.1, -0.05) is 13.3 Å². The van der Waals surface area contributed by atoms with Crippen LogP contribution in [-0.4, -0.2) is 22.6 Å². The highest BCUT2D eigenvalue weighted by Gasteiger charge is 2.40. The summed E-state index contributed by atoms with van der Waals surface area (Å²) in [6, 6.07) is 0.639. The lowest BCUT2D eigenvalue weighted by Gasteiger charge is -2.22. The zero-order valence-electron chi connectivity index (χ0n) is 10.1. The number of rotatable bonds is 3. The third-order valence-corrected chi connectivity index (χ3v) is 4.13. The number of nitrogens with one attached hydrogen (secondary N) is 2. The summed E-state index contributed by atoms with van der Waals surface area (Å²) in [6.07, 6.45) is 9.74. The average Bonchev–Trinajstić information content (AvgIpc) is 2.88. The lowest BCUT2D eigenvalue weighted by Crippen LogP contribution is -2.35. The molecule has 0 radical (unpaired) electrons. The summed E-state index contributed by atoms with van der Waals surface area (Å²) in [7, 11) is 0. The Balaban J connectivity index is 1.63. The van der Waals surface area contributed by atoms with E-state index in [1.807, 2.05) is 6.20 Å². The molecular formula is C13H21N3. The van der Waals surface area contributed by atoms with Gasteiger partial charge in [-0.15, -0.1) is 0 Å². The Kier molecular flexibility index (Phi) is 2.51. The van der Waals surface area contributed by atoms with Gasteiger partial charge in [0.2, 0.25) is 0 Å². The molecule has 2 N–H and O–H groups in total. The Morgan fingerprint density at radius 2 is 2.31 bits per heavy atom. The van der Waals surface area contributed by atoms with Crippen LogP contribution in [0, 0.1) is 0 Å². The predicted octanol–water partition coefficient (Wildman–Crippen LogP) is 2.15. The monoisotopic (exact) mass is 219 g/mol. The third-order valence-electron chi connectivity index (χ3n) is 4.13. The summed E-state index contributed by atoms with van der Waals surface area (Å²) in [5.41, 5.74) is 1.77. The van der Waals surface area contributed by atoms with Crippen LogP contribution >= 0.6 is 0 Å². The molecule has 88 valence electrons. The zero-order chi connectivity index (χ0) is 11.0. The van der Waals surface area contributed by atoms with Crippen LogP contribution in [0.15, 0.2) is 6.20 Å². The molecular weight excluding hydrogens is 198 g/mol. The summed E-state index contributed by atoms with van der Waals surface area (Å²) in [4.78, 5) is 8.03. The lowest BCUT2D eigenvalue weighted by molar-refractivity contribution is 0.395. The molecule has 3 nitrogen and oxygen atoms in total. The van der Waals surface area contributed by atoms with E-state index in [4.69, 9.17) is 0 Å². The van der Waals surface area contributed by atoms with E-state index in [1.165, 1.54) is 50.2 Å². The molecule has 0 amide bonds. The van der Waals surface area contributed by atoms with Crippen LogP contribution in [0.2, 0.25) is 0 Å². The van der Waals surface area contributed by atoms with Crippen LogP contribution in [0.5, 0.6) is 0 Å². The number of piperidine rings is 1. The minimum Gasteiger partial charge on any atom is -0.345 e. The van der Waals surface area contributed by atoms with E-state index in [0.29, 0.717) is 11.5 Å². The van der Waals surface area contributed by atoms with Crippen molar-refractivity contribution in [3.05, 3.63) is 17.7 Å². The second kappa shape index (κ2) is 3.88. The summed E-state index contributed by atoms with van der Waals surface area (Å²) in [6.45, 7) is 3.50. The molecule has 0 spiro atoms. The van der Waals surface area contributed by atoms with Crippen LogP contribution in [0.4, 0.5) is 0 Å². The van der Waals surface area contributed by atoms with Crippen LogP contribution in [0.25, 0.3) is 0 Å². The fourth-order valence-corrected chi connectivity index (χ4v) is 2.56. The first-order valence-corrected chi connectivity index (χ1v) is 6.54. The first kappa shape index (κ1) is 10.3. The van der Waals surface area contributed by atoms with E-state index in [-0.39, 0.29) is 0 Å². The predicted molar refractivity (Wildman–Crippen MR) is 64.5 cm³/mol. The number of H-pyrrole nitrogens is 1. The van der Waals surface area contributed by atoms with Gasteiger partial charge in [-0.3, -0.25) is 0 Å². The molecule has 2 heterocycles. The van der Waals surface area contributed by atoms with Crippen molar-refractivity contribution in [2.45, 2.75) is 56.9 Å². The quantitative estimate of drug-likeness (QED) is 0.817. The van der Waals surface area contributed by atoms with Gasteiger partial charge in [0, 0.05) is 29.8 Å². The molecule has 2 fully saturated rings. The van der Waals surface area contributed by atoms with Crippen molar-refractivity contribution in [1.82, 2.24) is 15.3 Å². The maximum Gasteiger partial charge on any atom is 0.107 e. The molecule has 1 aromatic rings. The molecule has 1 saturated carbocycles. The van der Waals surface area contributed by atoms with Gasteiger partial charge in [0.25, 0.3) is 0 Å². The Bertz CT molecular complexity index is 359. The average molecular weight is 219 g/mol. The zero-order valence-corrected chi connectivity index (χ0v) is 10.1. The molecule has 1 aliphatic carbocycles. The van der Waals surface area contributed by atoms with E-state index >= 15 is 0 Å². The number of hydrogen-bond acceptors (Lipinski definition) is 2. The first-order chi connectivity index (χ1) is 7.76. The Morgan fingerprint density at radius 3 is 3.00 bits per heavy atom. The summed E-state index contributed by atoms with van der Waals surface area (Å²) in [5.74, 6) is 1.17. The van der Waals surface area contributed by atoms with Crippen molar-refractivity contribution in [2.24, 2.45) is 0 Å². The summed E-state index contributed by atoms with van der Waals surface area (Å²) in [5, 5.41) is 3.57. The second-order valence-corrected chi connectivity index (χ2v) is 5.66. The second-order valence-electron chi connectivity index (χ2n) is 5.66. The normalized spacial score (nSPS) is 27.9. The summed E-state index contributed by atoms with van der Waals surface area (Å²) >= 11 is 0. The van der Waals surface area contributed by atoms with E-state index < -0.39 is 0 Å². The van der Waals surface area contributed by atoms with Gasteiger partial charge < -0.3 is 10.3 Å². The fourth-order valence-electron chi connectivity index (χ4n) is 2.56. The van der Waals surface area contributed by atoms with E-state index in [2.05, 4.69) is 22.2 Å². The number of hydrogen-bond donors (Lipinski definition) is 2. The molecule has 1 atom stereocenters. The summed E-state index contributed by atoms with van der Waals surface area (Å²) < 4.78 is 0. The molecule has 3 heteroatoms. The smallest absolute Gasteiger partial charge is 0.107 e. The van der Waals surface area contributed by atoms with Gasteiger partial charge >= 0.3 is 0 Å². The number of nitrogens with zero attached hydrogens (tertiary/aromatic N) is 1. The largest absolute Gasteiger partial charge is 0.345 e. The van der Waals surface area contributed by atoms with E-state index in [9.17, 15) is 0 Å². The topological polar surface area (TPSA) is 40.7 Å². The fraction of sp³-hybridized carbons (Fsp3) is 0.769. The van der Waals surface area contributed by atoms with Crippen molar-refractivity contribution < 1.29 is 0 Å². The van der Waals surface area contributed by atoms with Gasteiger partial charge in [-0.05, 0) is 32.2 Å². The highest BCUT2D eigenvalue weighted by molar-refractivity contribution is 5.21. The van der Waals surface area contributed by atoms with Gasteiger partial charge in [-0.2, -0.15) is 0 Å². The van der Waals surface area contributed by atoms with Gasteiger partial charge in [-0.25, -0.2) is 4.98 Å². The van der Waals surface area contributed by atoms with Crippen molar-refractivity contribution in [3.63, 3.8) is 0 Å². The lowest BCUT2D eigenvalue weighted by atomic mass is 10.0. The maximum absolute atomic E-state index is 4.52. The minimum atomic E-state index is 0.422. The first-order valence-electron chi connectivity index (χ1n) is 6.54. The molecule has 1 saturated heterocycles. The van der Waals surface area contributed by atoms with Crippen LogP contribution in [-0.2, 0) is 11.8 Å². The van der Waals surface area contributed by atoms with Crippen molar-refractivity contribution in [3.8, 4) is 0 Å². The number of aromatic nitrogens is 2. The van der Waals surface area contributed by atoms with Crippen LogP contribution in [0.1, 0.15) is 50.5 Å². The third kappa shape index (κ3) is 2.01. The van der Waals surface area contributed by atoms with E-state index in [1.54, 1.807) is 0 Å². The van der Waals surface area contributed by atoms with Crippen molar-refractivity contribution in [1.29, 1.82) is 0 Å². The molecule has 2 aliphatic rings. The highest BCUT2D eigenvalue weighted by Crippen LogP contribution is 2.46. The van der Waals surface area contributed by atoms with E-state index in [0.717, 1.165) is 6.42 Å². The van der Waals surface area contributed by atoms with Gasteiger partial charge in [0.1, 0.15) is 5.82 Å². The maximum atomic E-state index is 4.52. The van der Waals surface area contributed by atoms with Crippen molar-refractivity contribution in [2.75, 3.05) is 6.54 Å². The Hall–Kier alpha value is -0.830. The minimum absolute atomic E-state index is 0.422. The number of aromatic amines is 1. The Labute approximate surface area is 97.0 Å². The van der Waals surface area contributed by atoms with Gasteiger partial charge in [0.15, 0.2) is 0 Å². The number of imidazole rings is 1. The SMILES string of the molecule is CC1(c2cnc(CC3CCCCN3)[nH]2)CC1. The van der Waals surface area contributed by atoms with Crippen LogP contribution < -0.4 is 5.32 Å². The van der Waals surface area contributed by atoms with Crippen molar-refractivity contribution >= 4 is 0 Å². The molecule has 1 unspecified atom stereocenters. The standard InChI is InChI=1S/C13H21N3/c1-13(5-6-13)11-9-15-12(16-11)8-10-4-2-3-7-14-10/h9-10,14H,2-8H2,1H3,(H,15,16). The molecule has 1 aliphatic heterocycles. The van der Waals surface area contributed by atoms with Gasteiger partial charge in [0.05, 0.1) is 0 Å². The molecule has 0 bridgehead atoms. The van der Waals surface area contributed by atoms with Crippen LogP contribution in [0.3, 0.4) is 0 Å². The molecule has 0 aromatic carbocycles. The molecule has 3 rings (SSSR count). The Morgan fingerprint density at radius 1 is 1.44 bits per heavy atom. The highest BCUT2D eigenvalue weighted by atomic mass is 15.0. The molecule has 1 aromatic heterocycles. The molecule has 16 heavy (non-hydrogen) atoms.